The summed E-state index contributed by atoms with van der Waals surface area (Å²) in [6, 6.07) is 6.44. The van der Waals surface area contributed by atoms with E-state index in [9.17, 15) is 0 Å². The normalized spacial score (nSPS) is 12.8. The highest BCUT2D eigenvalue weighted by molar-refractivity contribution is 9.10. The molecule has 0 saturated heterocycles. The Bertz CT molecular complexity index is 357. The van der Waals surface area contributed by atoms with Gasteiger partial charge in [-0.05, 0) is 32.2 Å². The Morgan fingerprint density at radius 2 is 2.06 bits per heavy atom. The minimum Gasteiger partial charge on any atom is -0.496 e. The fraction of sp³-hybridized carbons (Fsp3) is 0.538. The highest BCUT2D eigenvalue weighted by atomic mass is 79.9. The van der Waals surface area contributed by atoms with Crippen molar-refractivity contribution in [2.24, 2.45) is 0 Å². The van der Waals surface area contributed by atoms with Gasteiger partial charge in [0, 0.05) is 29.7 Å². The molecule has 0 aromatic heterocycles. The second-order valence-electron chi connectivity index (χ2n) is 4.18. The summed E-state index contributed by atoms with van der Waals surface area (Å²) in [7, 11) is 5.51. The molecular weight excluding hydrogens is 282 g/mol. The molecule has 4 heteroatoms. The van der Waals surface area contributed by atoms with E-state index in [1.165, 1.54) is 5.56 Å². The van der Waals surface area contributed by atoms with Crippen LogP contribution >= 0.6 is 15.9 Å². The monoisotopic (exact) mass is 301 g/mol. The van der Waals surface area contributed by atoms with Gasteiger partial charge in [0.05, 0.1) is 13.7 Å². The molecule has 0 aliphatic carbocycles. The molecule has 3 nitrogen and oxygen atoms in total. The van der Waals surface area contributed by atoms with Gasteiger partial charge < -0.3 is 9.47 Å². The Balaban J connectivity index is 2.76. The maximum atomic E-state index is 5.36. The van der Waals surface area contributed by atoms with Crippen LogP contribution in [0.1, 0.15) is 12.5 Å². The summed E-state index contributed by atoms with van der Waals surface area (Å²) >= 11 is 3.48. The molecule has 0 saturated carbocycles. The van der Waals surface area contributed by atoms with Crippen LogP contribution in [0.2, 0.25) is 0 Å². The van der Waals surface area contributed by atoms with E-state index in [0.717, 1.165) is 23.4 Å². The lowest BCUT2D eigenvalue weighted by Crippen LogP contribution is -2.32. The Morgan fingerprint density at radius 3 is 2.65 bits per heavy atom. The van der Waals surface area contributed by atoms with E-state index >= 15 is 0 Å². The molecule has 1 unspecified atom stereocenters. The average molecular weight is 302 g/mol. The summed E-state index contributed by atoms with van der Waals surface area (Å²) in [4.78, 5) is 2.24. The zero-order chi connectivity index (χ0) is 12.8. The number of rotatable bonds is 6. The van der Waals surface area contributed by atoms with Gasteiger partial charge in [0.25, 0.3) is 0 Å². The lowest BCUT2D eigenvalue weighted by molar-refractivity contribution is 0.111. The molecule has 1 atom stereocenters. The van der Waals surface area contributed by atoms with E-state index in [4.69, 9.17) is 9.47 Å². The fourth-order valence-electron chi connectivity index (χ4n) is 1.66. The van der Waals surface area contributed by atoms with Crippen LogP contribution in [0.3, 0.4) is 0 Å². The van der Waals surface area contributed by atoms with E-state index in [-0.39, 0.29) is 0 Å². The summed E-state index contributed by atoms with van der Waals surface area (Å²) in [6.07, 6.45) is 0. The van der Waals surface area contributed by atoms with Gasteiger partial charge in [0.15, 0.2) is 0 Å². The molecule has 1 rings (SSSR count). The lowest BCUT2D eigenvalue weighted by Gasteiger charge is -2.24. The Kier molecular flexibility index (Phi) is 5.95. The van der Waals surface area contributed by atoms with Crippen molar-refractivity contribution >= 4 is 15.9 Å². The second kappa shape index (κ2) is 6.99. The first-order chi connectivity index (χ1) is 8.08. The molecule has 0 N–H and O–H groups in total. The number of methoxy groups -OCH3 is 2. The first-order valence-corrected chi connectivity index (χ1v) is 6.39. The Hall–Kier alpha value is -0.580. The van der Waals surface area contributed by atoms with Gasteiger partial charge in [-0.25, -0.2) is 0 Å². The number of benzene rings is 1. The van der Waals surface area contributed by atoms with Gasteiger partial charge in [-0.1, -0.05) is 15.9 Å². The van der Waals surface area contributed by atoms with Gasteiger partial charge in [-0.3, -0.25) is 4.90 Å². The Labute approximate surface area is 112 Å². The fourth-order valence-corrected chi connectivity index (χ4v) is 2.07. The standard InChI is InChI=1S/C13H20BrNO2/c1-10(9-16-3)15(2)8-11-7-12(14)5-6-13(11)17-4/h5-7,10H,8-9H2,1-4H3. The molecule has 0 amide bonds. The molecule has 0 aliphatic heterocycles. The van der Waals surface area contributed by atoms with Crippen molar-refractivity contribution in [2.45, 2.75) is 19.5 Å². The van der Waals surface area contributed by atoms with Crippen molar-refractivity contribution in [3.63, 3.8) is 0 Å². The summed E-state index contributed by atoms with van der Waals surface area (Å²) in [5.41, 5.74) is 1.17. The molecule has 1 aromatic carbocycles. The molecule has 1 aromatic rings. The van der Waals surface area contributed by atoms with Crippen LogP contribution < -0.4 is 4.74 Å². The van der Waals surface area contributed by atoms with Crippen LogP contribution in [-0.2, 0) is 11.3 Å². The van der Waals surface area contributed by atoms with Crippen LogP contribution in [0.25, 0.3) is 0 Å². The summed E-state index contributed by atoms with van der Waals surface area (Å²) in [5, 5.41) is 0. The molecule has 0 aliphatic rings. The molecule has 0 heterocycles. The molecule has 0 fully saturated rings. The zero-order valence-corrected chi connectivity index (χ0v) is 12.5. The van der Waals surface area contributed by atoms with Crippen molar-refractivity contribution in [3.8, 4) is 5.75 Å². The van der Waals surface area contributed by atoms with Gasteiger partial charge in [-0.2, -0.15) is 0 Å². The highest BCUT2D eigenvalue weighted by Gasteiger charge is 2.12. The van der Waals surface area contributed by atoms with Crippen molar-refractivity contribution < 1.29 is 9.47 Å². The first kappa shape index (κ1) is 14.5. The van der Waals surface area contributed by atoms with Gasteiger partial charge in [-0.15, -0.1) is 0 Å². The number of nitrogens with zero attached hydrogens (tertiary/aromatic N) is 1. The smallest absolute Gasteiger partial charge is 0.123 e. The van der Waals surface area contributed by atoms with Gasteiger partial charge >= 0.3 is 0 Å². The third-order valence-corrected chi connectivity index (χ3v) is 3.32. The summed E-state index contributed by atoms with van der Waals surface area (Å²) in [5.74, 6) is 0.921. The third-order valence-electron chi connectivity index (χ3n) is 2.82. The van der Waals surface area contributed by atoms with Crippen LogP contribution in [-0.4, -0.2) is 38.8 Å². The largest absolute Gasteiger partial charge is 0.496 e. The topological polar surface area (TPSA) is 21.7 Å². The van der Waals surface area contributed by atoms with E-state index in [1.807, 2.05) is 12.1 Å². The van der Waals surface area contributed by atoms with Crippen molar-refractivity contribution in [1.29, 1.82) is 0 Å². The van der Waals surface area contributed by atoms with Crippen LogP contribution in [0.4, 0.5) is 0 Å². The van der Waals surface area contributed by atoms with Gasteiger partial charge in [0.1, 0.15) is 5.75 Å². The number of hydrogen-bond acceptors (Lipinski definition) is 3. The van der Waals surface area contributed by atoms with Crippen molar-refractivity contribution in [1.82, 2.24) is 4.90 Å². The Morgan fingerprint density at radius 1 is 1.35 bits per heavy atom. The highest BCUT2D eigenvalue weighted by Crippen LogP contribution is 2.24. The van der Waals surface area contributed by atoms with E-state index in [2.05, 4.69) is 40.9 Å². The lowest BCUT2D eigenvalue weighted by atomic mass is 10.1. The van der Waals surface area contributed by atoms with Crippen LogP contribution in [0.5, 0.6) is 5.75 Å². The summed E-state index contributed by atoms with van der Waals surface area (Å²) < 4.78 is 11.6. The van der Waals surface area contributed by atoms with Crippen LogP contribution in [0, 0.1) is 0 Å². The number of ether oxygens (including phenoxy) is 2. The maximum Gasteiger partial charge on any atom is 0.123 e. The average Bonchev–Trinajstić information content (AvgIpc) is 2.29. The molecule has 17 heavy (non-hydrogen) atoms. The van der Waals surface area contributed by atoms with Crippen molar-refractivity contribution in [3.05, 3.63) is 28.2 Å². The minimum absolute atomic E-state index is 0.378. The predicted octanol–water partition coefficient (Wildman–Crippen LogP) is 2.92. The second-order valence-corrected chi connectivity index (χ2v) is 5.09. The number of halogens is 1. The quantitative estimate of drug-likeness (QED) is 0.806. The minimum atomic E-state index is 0.378. The van der Waals surface area contributed by atoms with Crippen LogP contribution in [0.15, 0.2) is 22.7 Å². The maximum absolute atomic E-state index is 5.36. The zero-order valence-electron chi connectivity index (χ0n) is 10.9. The SMILES string of the molecule is COCC(C)N(C)Cc1cc(Br)ccc1OC. The summed E-state index contributed by atoms with van der Waals surface area (Å²) in [6.45, 7) is 3.72. The first-order valence-electron chi connectivity index (χ1n) is 5.60. The van der Waals surface area contributed by atoms with Crippen molar-refractivity contribution in [2.75, 3.05) is 27.9 Å². The van der Waals surface area contributed by atoms with E-state index in [1.54, 1.807) is 14.2 Å². The number of hydrogen-bond donors (Lipinski definition) is 0. The van der Waals surface area contributed by atoms with E-state index in [0.29, 0.717) is 6.04 Å². The predicted molar refractivity (Wildman–Crippen MR) is 73.5 cm³/mol. The van der Waals surface area contributed by atoms with E-state index < -0.39 is 0 Å². The molecule has 96 valence electrons. The van der Waals surface area contributed by atoms with Gasteiger partial charge in [0.2, 0.25) is 0 Å². The molecular formula is C13H20BrNO2. The molecule has 0 spiro atoms. The third kappa shape index (κ3) is 4.30. The molecule has 0 radical (unpaired) electrons. The number of likely N-dealkylation sites (N-methyl/N-ethyl adjacent to an activating group) is 1. The molecule has 0 bridgehead atoms.